The lowest BCUT2D eigenvalue weighted by Crippen LogP contribution is -2.53. The Hall–Kier alpha value is -2.62. The molecule has 1 aliphatic rings. The van der Waals surface area contributed by atoms with Crippen LogP contribution in [0.2, 0.25) is 5.02 Å². The molecule has 2 aromatic rings. The number of hydrogen-bond acceptors (Lipinski definition) is 5. The molecule has 8 nitrogen and oxygen atoms in total. The lowest BCUT2D eigenvalue weighted by molar-refractivity contribution is -0.141. The first-order chi connectivity index (χ1) is 17.1. The molecule has 1 unspecified atom stereocenters. The lowest BCUT2D eigenvalue weighted by Gasteiger charge is -2.32. The summed E-state index contributed by atoms with van der Waals surface area (Å²) < 4.78 is 32.3. The molecule has 0 aliphatic heterocycles. The summed E-state index contributed by atoms with van der Waals surface area (Å²) in [6.45, 7) is 1.60. The van der Waals surface area contributed by atoms with Crippen LogP contribution in [0.15, 0.2) is 53.4 Å². The van der Waals surface area contributed by atoms with E-state index in [0.717, 1.165) is 35.6 Å². The maximum atomic E-state index is 13.5. The number of nitrogens with zero attached hydrogens (tertiary/aromatic N) is 2. The normalized spacial score (nSPS) is 15.0. The number of methoxy groups -OCH3 is 1. The smallest absolute Gasteiger partial charge is 0.243 e. The molecule has 2 aromatic carbocycles. The van der Waals surface area contributed by atoms with Crippen LogP contribution in [0.25, 0.3) is 0 Å². The Morgan fingerprint density at radius 1 is 1.08 bits per heavy atom. The second-order valence-corrected chi connectivity index (χ2v) is 11.5. The highest BCUT2D eigenvalue weighted by Gasteiger charge is 2.33. The van der Waals surface area contributed by atoms with Crippen molar-refractivity contribution in [3.8, 4) is 5.75 Å². The highest BCUT2D eigenvalue weighted by atomic mass is 35.5. The van der Waals surface area contributed by atoms with Crippen molar-refractivity contribution in [3.05, 3.63) is 59.1 Å². The average Bonchev–Trinajstić information content (AvgIpc) is 3.37. The number of amides is 2. The Morgan fingerprint density at radius 3 is 2.25 bits per heavy atom. The van der Waals surface area contributed by atoms with Gasteiger partial charge in [-0.1, -0.05) is 43.5 Å². The zero-order valence-corrected chi connectivity index (χ0v) is 22.5. The highest BCUT2D eigenvalue weighted by molar-refractivity contribution is 7.89. The molecule has 196 valence electrons. The third-order valence-electron chi connectivity index (χ3n) is 6.48. The number of carbonyl (C=O) groups excluding carboxylic acids is 2. The third-order valence-corrected chi connectivity index (χ3v) is 8.55. The van der Waals surface area contributed by atoms with E-state index in [1.54, 1.807) is 19.2 Å². The Bertz CT molecular complexity index is 1130. The van der Waals surface area contributed by atoms with Gasteiger partial charge < -0.3 is 15.0 Å². The molecule has 0 heterocycles. The van der Waals surface area contributed by atoms with Gasteiger partial charge in [0.15, 0.2) is 0 Å². The van der Waals surface area contributed by atoms with Crippen molar-refractivity contribution in [2.24, 2.45) is 0 Å². The fourth-order valence-corrected chi connectivity index (χ4v) is 5.61. The van der Waals surface area contributed by atoms with E-state index in [9.17, 15) is 18.0 Å². The van der Waals surface area contributed by atoms with Crippen LogP contribution in [-0.4, -0.2) is 62.2 Å². The SMILES string of the molecule is CCC(C(=O)NC1CCCC1)N(Cc1ccc(OC)cc1)C(=O)CN(C)S(=O)(=O)c1ccc(Cl)cc1. The van der Waals surface area contributed by atoms with Gasteiger partial charge in [0.05, 0.1) is 18.6 Å². The van der Waals surface area contributed by atoms with Crippen molar-refractivity contribution < 1.29 is 22.7 Å². The van der Waals surface area contributed by atoms with Gasteiger partial charge in [-0.2, -0.15) is 4.31 Å². The van der Waals surface area contributed by atoms with E-state index in [1.807, 2.05) is 19.1 Å². The molecule has 1 saturated carbocycles. The van der Waals surface area contributed by atoms with E-state index in [0.29, 0.717) is 17.2 Å². The van der Waals surface area contributed by atoms with Gasteiger partial charge in [-0.05, 0) is 61.2 Å². The fourth-order valence-electron chi connectivity index (χ4n) is 4.37. The molecule has 0 bridgehead atoms. The van der Waals surface area contributed by atoms with Crippen molar-refractivity contribution in [2.45, 2.75) is 62.6 Å². The second-order valence-electron chi connectivity index (χ2n) is 9.00. The van der Waals surface area contributed by atoms with Gasteiger partial charge in [0, 0.05) is 24.7 Å². The zero-order valence-electron chi connectivity index (χ0n) is 20.9. The van der Waals surface area contributed by atoms with Gasteiger partial charge in [0.1, 0.15) is 11.8 Å². The lowest BCUT2D eigenvalue weighted by atomic mass is 10.1. The minimum atomic E-state index is -3.93. The van der Waals surface area contributed by atoms with Crippen molar-refractivity contribution in [3.63, 3.8) is 0 Å². The first kappa shape index (κ1) is 28.0. The molecule has 1 atom stereocenters. The predicted molar refractivity (Wildman–Crippen MR) is 139 cm³/mol. The van der Waals surface area contributed by atoms with Crippen LogP contribution in [0.5, 0.6) is 5.75 Å². The number of carbonyl (C=O) groups is 2. The highest BCUT2D eigenvalue weighted by Crippen LogP contribution is 2.21. The summed E-state index contributed by atoms with van der Waals surface area (Å²) in [6.07, 6.45) is 4.40. The maximum absolute atomic E-state index is 13.5. The summed E-state index contributed by atoms with van der Waals surface area (Å²) in [5.74, 6) is 0.00480. The maximum Gasteiger partial charge on any atom is 0.243 e. The summed E-state index contributed by atoms with van der Waals surface area (Å²) in [5, 5.41) is 3.50. The number of hydrogen-bond donors (Lipinski definition) is 1. The van der Waals surface area contributed by atoms with Crippen molar-refractivity contribution >= 4 is 33.4 Å². The van der Waals surface area contributed by atoms with E-state index >= 15 is 0 Å². The van der Waals surface area contributed by atoms with Gasteiger partial charge in [-0.25, -0.2) is 8.42 Å². The topological polar surface area (TPSA) is 96.0 Å². The van der Waals surface area contributed by atoms with E-state index in [4.69, 9.17) is 16.3 Å². The Kier molecular flexibility index (Phi) is 9.76. The molecule has 2 amide bonds. The summed E-state index contributed by atoms with van der Waals surface area (Å²) in [5.41, 5.74) is 0.805. The molecule has 3 rings (SSSR count). The van der Waals surface area contributed by atoms with Crippen LogP contribution in [0, 0.1) is 0 Å². The molecular formula is C26H34ClN3O5S. The van der Waals surface area contributed by atoms with Crippen molar-refractivity contribution in [2.75, 3.05) is 20.7 Å². The van der Waals surface area contributed by atoms with Crippen molar-refractivity contribution in [1.29, 1.82) is 0 Å². The number of ether oxygens (including phenoxy) is 1. The molecule has 36 heavy (non-hydrogen) atoms. The average molecular weight is 536 g/mol. The van der Waals surface area contributed by atoms with Crippen LogP contribution in [0.3, 0.4) is 0 Å². The molecule has 0 aromatic heterocycles. The van der Waals surface area contributed by atoms with Gasteiger partial charge in [-0.15, -0.1) is 0 Å². The molecule has 0 saturated heterocycles. The number of sulfonamides is 1. The van der Waals surface area contributed by atoms with Crippen LogP contribution >= 0.6 is 11.6 Å². The first-order valence-corrected chi connectivity index (χ1v) is 13.9. The van der Waals surface area contributed by atoms with Crippen LogP contribution in [-0.2, 0) is 26.2 Å². The summed E-state index contributed by atoms with van der Waals surface area (Å²) in [4.78, 5) is 28.3. The molecule has 0 radical (unpaired) electrons. The van der Waals surface area contributed by atoms with Crippen LogP contribution < -0.4 is 10.1 Å². The largest absolute Gasteiger partial charge is 0.497 e. The van der Waals surface area contributed by atoms with Crippen molar-refractivity contribution in [1.82, 2.24) is 14.5 Å². The zero-order chi connectivity index (χ0) is 26.3. The van der Waals surface area contributed by atoms with E-state index in [1.165, 1.54) is 36.2 Å². The number of rotatable bonds is 11. The summed E-state index contributed by atoms with van der Waals surface area (Å²) in [7, 11) is -1.00. The van der Waals surface area contributed by atoms with Gasteiger partial charge in [-0.3, -0.25) is 9.59 Å². The Balaban J connectivity index is 1.83. The minimum absolute atomic E-state index is 0.0370. The van der Waals surface area contributed by atoms with E-state index in [2.05, 4.69) is 5.32 Å². The number of nitrogens with one attached hydrogen (secondary N) is 1. The molecule has 1 aliphatic carbocycles. The molecule has 0 spiro atoms. The standard InChI is InChI=1S/C26H34ClN3O5S/c1-4-24(26(32)28-21-7-5-6-8-21)30(17-19-9-13-22(35-3)14-10-19)25(31)18-29(2)36(33,34)23-15-11-20(27)12-16-23/h9-16,21,24H,4-8,17-18H2,1-3H3,(H,28,32). The number of benzene rings is 2. The van der Waals surface area contributed by atoms with Gasteiger partial charge >= 0.3 is 0 Å². The summed E-state index contributed by atoms with van der Waals surface area (Å²) >= 11 is 5.89. The quantitative estimate of drug-likeness (QED) is 0.471. The van der Waals surface area contributed by atoms with E-state index in [-0.39, 0.29) is 23.4 Å². The van der Waals surface area contributed by atoms with Crippen LogP contribution in [0.1, 0.15) is 44.6 Å². The van der Waals surface area contributed by atoms with E-state index < -0.39 is 28.5 Å². The monoisotopic (exact) mass is 535 g/mol. The second kappa shape index (κ2) is 12.6. The Labute approximate surface area is 218 Å². The fraction of sp³-hybridized carbons (Fsp3) is 0.462. The summed E-state index contributed by atoms with van der Waals surface area (Å²) in [6, 6.07) is 12.4. The molecule has 1 N–H and O–H groups in total. The molecule has 10 heteroatoms. The number of halogens is 1. The molecule has 1 fully saturated rings. The third kappa shape index (κ3) is 6.99. The predicted octanol–water partition coefficient (Wildman–Crippen LogP) is 3.84. The number of likely N-dealkylation sites (N-methyl/N-ethyl adjacent to an activating group) is 1. The molecular weight excluding hydrogens is 502 g/mol. The van der Waals surface area contributed by atoms with Crippen LogP contribution in [0.4, 0.5) is 0 Å². The van der Waals surface area contributed by atoms with Gasteiger partial charge in [0.2, 0.25) is 21.8 Å². The first-order valence-electron chi connectivity index (χ1n) is 12.1. The minimum Gasteiger partial charge on any atom is -0.497 e. The van der Waals surface area contributed by atoms with Gasteiger partial charge in [0.25, 0.3) is 0 Å². The Morgan fingerprint density at radius 2 is 1.69 bits per heavy atom.